The van der Waals surface area contributed by atoms with E-state index in [0.29, 0.717) is 31.9 Å². The standard InChI is InChI=1S/C21H29NO5S.ClH/c1-5-26-18-8-6-7-9-19(18)27-13-12-22-16(2)14-17-10-11-20(25-3)21(15-17)28(4,23)24;/h6-11,15-16,22H,5,12-14H2,1-4H3;1H. The molecule has 0 amide bonds. The number of methoxy groups -OCH3 is 1. The third-order valence-electron chi connectivity index (χ3n) is 4.17. The number of hydrogen-bond donors (Lipinski definition) is 1. The summed E-state index contributed by atoms with van der Waals surface area (Å²) in [6, 6.07) is 13.0. The van der Waals surface area contributed by atoms with Gasteiger partial charge in [0.15, 0.2) is 21.3 Å². The highest BCUT2D eigenvalue weighted by Gasteiger charge is 2.15. The van der Waals surface area contributed by atoms with E-state index in [2.05, 4.69) is 12.2 Å². The molecule has 1 N–H and O–H groups in total. The van der Waals surface area contributed by atoms with Crippen LogP contribution in [0.1, 0.15) is 19.4 Å². The third-order valence-corrected chi connectivity index (χ3v) is 5.29. The van der Waals surface area contributed by atoms with E-state index in [0.717, 1.165) is 17.1 Å². The van der Waals surface area contributed by atoms with E-state index in [1.807, 2.05) is 37.3 Å². The van der Waals surface area contributed by atoms with E-state index < -0.39 is 9.84 Å². The summed E-state index contributed by atoms with van der Waals surface area (Å²) in [5, 5.41) is 3.39. The van der Waals surface area contributed by atoms with Crippen LogP contribution < -0.4 is 19.5 Å². The molecule has 0 aromatic heterocycles. The van der Waals surface area contributed by atoms with Gasteiger partial charge in [-0.3, -0.25) is 0 Å². The Balaban J connectivity index is 0.00000420. The minimum atomic E-state index is -3.34. The smallest absolute Gasteiger partial charge is 0.179 e. The number of halogens is 1. The lowest BCUT2D eigenvalue weighted by Gasteiger charge is -2.16. The van der Waals surface area contributed by atoms with Crippen LogP contribution in [0, 0.1) is 0 Å². The Labute approximate surface area is 179 Å². The molecule has 1 atom stereocenters. The zero-order valence-electron chi connectivity index (χ0n) is 17.3. The molecule has 8 heteroatoms. The molecular weight excluding hydrogens is 414 g/mol. The van der Waals surface area contributed by atoms with Crippen LogP contribution in [0.4, 0.5) is 0 Å². The largest absolute Gasteiger partial charge is 0.495 e. The molecule has 0 saturated heterocycles. The van der Waals surface area contributed by atoms with Crippen LogP contribution in [0.5, 0.6) is 17.2 Å². The quantitative estimate of drug-likeness (QED) is 0.535. The maximum absolute atomic E-state index is 11.9. The van der Waals surface area contributed by atoms with Gasteiger partial charge in [-0.05, 0) is 50.1 Å². The molecule has 2 aromatic carbocycles. The Bertz CT molecular complexity index is 873. The predicted molar refractivity (Wildman–Crippen MR) is 118 cm³/mol. The fourth-order valence-corrected chi connectivity index (χ4v) is 3.76. The second kappa shape index (κ2) is 11.9. The number of rotatable bonds is 11. The van der Waals surface area contributed by atoms with Crippen molar-refractivity contribution in [3.05, 3.63) is 48.0 Å². The SMILES string of the molecule is CCOc1ccccc1OCCNC(C)Cc1ccc(OC)c(S(C)(=O)=O)c1.Cl. The van der Waals surface area contributed by atoms with Gasteiger partial charge in [-0.2, -0.15) is 0 Å². The number of para-hydroxylation sites is 2. The van der Waals surface area contributed by atoms with Crippen LogP contribution in [0.15, 0.2) is 47.4 Å². The number of hydrogen-bond acceptors (Lipinski definition) is 6. The molecule has 0 aliphatic heterocycles. The summed E-state index contributed by atoms with van der Waals surface area (Å²) in [7, 11) is -1.87. The van der Waals surface area contributed by atoms with Crippen molar-refractivity contribution in [2.24, 2.45) is 0 Å². The zero-order valence-corrected chi connectivity index (χ0v) is 18.9. The number of benzene rings is 2. The lowest BCUT2D eigenvalue weighted by molar-refractivity contribution is 0.272. The highest BCUT2D eigenvalue weighted by atomic mass is 35.5. The first kappa shape index (κ1) is 25.1. The van der Waals surface area contributed by atoms with E-state index in [-0.39, 0.29) is 23.3 Å². The van der Waals surface area contributed by atoms with Gasteiger partial charge < -0.3 is 19.5 Å². The molecule has 0 aliphatic rings. The number of sulfone groups is 1. The van der Waals surface area contributed by atoms with Gasteiger partial charge >= 0.3 is 0 Å². The molecule has 0 spiro atoms. The summed E-state index contributed by atoms with van der Waals surface area (Å²) in [5.74, 6) is 1.84. The van der Waals surface area contributed by atoms with Crippen LogP contribution in [-0.2, 0) is 16.3 Å². The van der Waals surface area contributed by atoms with Crippen molar-refractivity contribution in [1.82, 2.24) is 5.32 Å². The summed E-state index contributed by atoms with van der Waals surface area (Å²) in [4.78, 5) is 0.218. The first-order valence-corrected chi connectivity index (χ1v) is 11.2. The topological polar surface area (TPSA) is 73.9 Å². The Kier molecular flexibility index (Phi) is 10.3. The molecule has 2 rings (SSSR count). The fourth-order valence-electron chi connectivity index (χ4n) is 2.87. The summed E-state index contributed by atoms with van der Waals surface area (Å²) in [5.41, 5.74) is 0.934. The van der Waals surface area contributed by atoms with Crippen LogP contribution >= 0.6 is 12.4 Å². The first-order valence-electron chi connectivity index (χ1n) is 9.30. The van der Waals surface area contributed by atoms with E-state index in [9.17, 15) is 8.42 Å². The maximum Gasteiger partial charge on any atom is 0.179 e. The van der Waals surface area contributed by atoms with Crippen molar-refractivity contribution in [3.8, 4) is 17.2 Å². The first-order chi connectivity index (χ1) is 13.3. The van der Waals surface area contributed by atoms with E-state index in [1.54, 1.807) is 12.1 Å². The van der Waals surface area contributed by atoms with Gasteiger partial charge in [0.2, 0.25) is 0 Å². The third kappa shape index (κ3) is 7.76. The monoisotopic (exact) mass is 443 g/mol. The van der Waals surface area contributed by atoms with Crippen molar-refractivity contribution >= 4 is 22.2 Å². The van der Waals surface area contributed by atoms with Crippen molar-refractivity contribution in [2.75, 3.05) is 33.1 Å². The summed E-state index contributed by atoms with van der Waals surface area (Å²) >= 11 is 0. The van der Waals surface area contributed by atoms with Gasteiger partial charge in [0.1, 0.15) is 17.3 Å². The fraction of sp³-hybridized carbons (Fsp3) is 0.429. The van der Waals surface area contributed by atoms with E-state index in [1.165, 1.54) is 13.4 Å². The molecule has 0 radical (unpaired) electrons. The van der Waals surface area contributed by atoms with Gasteiger partial charge in [-0.25, -0.2) is 8.42 Å². The molecule has 0 heterocycles. The zero-order chi connectivity index (χ0) is 20.6. The van der Waals surface area contributed by atoms with E-state index in [4.69, 9.17) is 14.2 Å². The van der Waals surface area contributed by atoms with Gasteiger partial charge in [0, 0.05) is 18.8 Å². The molecule has 0 fully saturated rings. The Hall–Kier alpha value is -1.96. The van der Waals surface area contributed by atoms with Crippen LogP contribution in [-0.4, -0.2) is 47.6 Å². The molecule has 162 valence electrons. The van der Waals surface area contributed by atoms with Crippen molar-refractivity contribution in [3.63, 3.8) is 0 Å². The van der Waals surface area contributed by atoms with Crippen molar-refractivity contribution < 1.29 is 22.6 Å². The van der Waals surface area contributed by atoms with Gasteiger partial charge in [0.05, 0.1) is 13.7 Å². The Morgan fingerprint density at radius 1 is 1.03 bits per heavy atom. The molecule has 0 bridgehead atoms. The van der Waals surface area contributed by atoms with Crippen molar-refractivity contribution in [2.45, 2.75) is 31.2 Å². The highest BCUT2D eigenvalue weighted by molar-refractivity contribution is 7.90. The number of ether oxygens (including phenoxy) is 3. The van der Waals surface area contributed by atoms with Crippen LogP contribution in [0.25, 0.3) is 0 Å². The van der Waals surface area contributed by atoms with Crippen LogP contribution in [0.3, 0.4) is 0 Å². The summed E-state index contributed by atoms with van der Waals surface area (Å²) in [6.45, 7) is 5.75. The van der Waals surface area contributed by atoms with Gasteiger partial charge in [0.25, 0.3) is 0 Å². The lowest BCUT2D eigenvalue weighted by atomic mass is 10.1. The van der Waals surface area contributed by atoms with Crippen molar-refractivity contribution in [1.29, 1.82) is 0 Å². The number of nitrogens with one attached hydrogen (secondary N) is 1. The van der Waals surface area contributed by atoms with Crippen LogP contribution in [0.2, 0.25) is 0 Å². The second-order valence-corrected chi connectivity index (χ2v) is 8.53. The minimum absolute atomic E-state index is 0. The maximum atomic E-state index is 11.9. The minimum Gasteiger partial charge on any atom is -0.495 e. The molecule has 0 saturated carbocycles. The van der Waals surface area contributed by atoms with E-state index >= 15 is 0 Å². The molecule has 1 unspecified atom stereocenters. The Morgan fingerprint density at radius 2 is 1.69 bits per heavy atom. The van der Waals surface area contributed by atoms with Gasteiger partial charge in [-0.1, -0.05) is 18.2 Å². The highest BCUT2D eigenvalue weighted by Crippen LogP contribution is 2.26. The molecule has 0 aliphatic carbocycles. The summed E-state index contributed by atoms with van der Waals surface area (Å²) < 4.78 is 40.4. The predicted octanol–water partition coefficient (Wildman–Crippen LogP) is 3.52. The Morgan fingerprint density at radius 3 is 2.28 bits per heavy atom. The van der Waals surface area contributed by atoms with Gasteiger partial charge in [-0.15, -0.1) is 12.4 Å². The average molecular weight is 444 g/mol. The summed E-state index contributed by atoms with van der Waals surface area (Å²) in [6.07, 6.45) is 1.88. The molecule has 6 nitrogen and oxygen atoms in total. The molecule has 2 aromatic rings. The second-order valence-electron chi connectivity index (χ2n) is 6.54. The lowest BCUT2D eigenvalue weighted by Crippen LogP contribution is -2.31. The molecule has 29 heavy (non-hydrogen) atoms. The normalized spacial score (nSPS) is 12.0. The molecular formula is C21H30ClNO5S. The average Bonchev–Trinajstić information content (AvgIpc) is 2.66.